The number of rotatable bonds is 4. The van der Waals surface area contributed by atoms with Crippen molar-refractivity contribution >= 4 is 5.91 Å². The minimum Gasteiger partial charge on any atom is -0.350 e. The average Bonchev–Trinajstić information content (AvgIpc) is 2.97. The average molecular weight is 250 g/mol. The number of hydrogen-bond donors (Lipinski definition) is 2. The van der Waals surface area contributed by atoms with Gasteiger partial charge in [-0.25, -0.2) is 0 Å². The molecule has 0 aliphatic carbocycles. The maximum absolute atomic E-state index is 12.3. The first-order chi connectivity index (χ1) is 8.59. The Labute approximate surface area is 108 Å². The Morgan fingerprint density at radius 3 is 2.94 bits per heavy atom. The maximum atomic E-state index is 12.3. The van der Waals surface area contributed by atoms with Crippen molar-refractivity contribution in [1.82, 2.24) is 20.4 Å². The van der Waals surface area contributed by atoms with Crippen molar-refractivity contribution < 1.29 is 4.79 Å². The zero-order chi connectivity index (χ0) is 13.2. The molecule has 1 unspecified atom stereocenters. The Bertz CT molecular complexity index is 432. The third kappa shape index (κ3) is 2.27. The molecule has 0 spiro atoms. The molecule has 1 atom stereocenters. The van der Waals surface area contributed by atoms with Gasteiger partial charge in [-0.3, -0.25) is 9.48 Å². The third-order valence-electron chi connectivity index (χ3n) is 4.06. The molecule has 0 radical (unpaired) electrons. The number of nitrogens with zero attached hydrogens (tertiary/aromatic N) is 2. The van der Waals surface area contributed by atoms with E-state index in [1.165, 1.54) is 0 Å². The van der Waals surface area contributed by atoms with Crippen LogP contribution in [0.2, 0.25) is 0 Å². The summed E-state index contributed by atoms with van der Waals surface area (Å²) in [6.07, 6.45) is 4.66. The van der Waals surface area contributed by atoms with E-state index in [1.54, 1.807) is 0 Å². The van der Waals surface area contributed by atoms with Gasteiger partial charge in [0.2, 0.25) is 5.91 Å². The van der Waals surface area contributed by atoms with E-state index in [1.807, 2.05) is 24.9 Å². The minimum atomic E-state index is -0.351. The number of aryl methyl sites for hydroxylation is 1. The molecule has 5 heteroatoms. The summed E-state index contributed by atoms with van der Waals surface area (Å²) in [6, 6.07) is 0. The van der Waals surface area contributed by atoms with Crippen LogP contribution in [0.1, 0.15) is 37.4 Å². The summed E-state index contributed by atoms with van der Waals surface area (Å²) in [5.74, 6) is 0.116. The van der Waals surface area contributed by atoms with Gasteiger partial charge in [0.05, 0.1) is 11.7 Å². The lowest BCUT2D eigenvalue weighted by Gasteiger charge is -2.26. The van der Waals surface area contributed by atoms with Crippen molar-refractivity contribution in [2.75, 3.05) is 6.54 Å². The van der Waals surface area contributed by atoms with Gasteiger partial charge in [-0.2, -0.15) is 5.10 Å². The molecule has 2 rings (SSSR count). The zero-order valence-corrected chi connectivity index (χ0v) is 11.4. The number of aromatic nitrogens is 2. The fourth-order valence-electron chi connectivity index (χ4n) is 2.52. The molecule has 100 valence electrons. The van der Waals surface area contributed by atoms with E-state index in [2.05, 4.69) is 22.7 Å². The van der Waals surface area contributed by atoms with Gasteiger partial charge in [-0.15, -0.1) is 0 Å². The summed E-state index contributed by atoms with van der Waals surface area (Å²) in [7, 11) is 1.91. The van der Waals surface area contributed by atoms with Crippen LogP contribution in [0.3, 0.4) is 0 Å². The lowest BCUT2D eigenvalue weighted by Crippen LogP contribution is -2.52. The van der Waals surface area contributed by atoms with E-state index in [9.17, 15) is 4.79 Å². The molecular formula is C13H22N4O. The lowest BCUT2D eigenvalue weighted by molar-refractivity contribution is -0.127. The van der Waals surface area contributed by atoms with Crippen molar-refractivity contribution in [3.05, 3.63) is 17.5 Å². The normalized spacial score (nSPS) is 23.3. The van der Waals surface area contributed by atoms with E-state index < -0.39 is 0 Å². The summed E-state index contributed by atoms with van der Waals surface area (Å²) >= 11 is 0. The van der Waals surface area contributed by atoms with Crippen LogP contribution in [0.5, 0.6) is 0 Å². The Hall–Kier alpha value is -1.36. The van der Waals surface area contributed by atoms with Gasteiger partial charge in [0.1, 0.15) is 0 Å². The SMILES string of the molecule is CCC1(C(=O)NCc2cnn(C)c2C)CCCN1. The highest BCUT2D eigenvalue weighted by Crippen LogP contribution is 2.23. The first kappa shape index (κ1) is 13.1. The molecule has 1 aromatic rings. The Morgan fingerprint density at radius 2 is 2.44 bits per heavy atom. The highest BCUT2D eigenvalue weighted by Gasteiger charge is 2.38. The van der Waals surface area contributed by atoms with Gasteiger partial charge in [-0.05, 0) is 32.7 Å². The molecule has 0 bridgehead atoms. The molecule has 2 heterocycles. The van der Waals surface area contributed by atoms with E-state index in [0.29, 0.717) is 6.54 Å². The Kier molecular flexibility index (Phi) is 3.71. The van der Waals surface area contributed by atoms with Gasteiger partial charge in [0.15, 0.2) is 0 Å². The summed E-state index contributed by atoms with van der Waals surface area (Å²) in [4.78, 5) is 12.3. The van der Waals surface area contributed by atoms with Crippen LogP contribution >= 0.6 is 0 Å². The van der Waals surface area contributed by atoms with Gasteiger partial charge < -0.3 is 10.6 Å². The number of nitrogens with one attached hydrogen (secondary N) is 2. The Balaban J connectivity index is 1.98. The van der Waals surface area contributed by atoms with Gasteiger partial charge in [0, 0.05) is 24.8 Å². The summed E-state index contributed by atoms with van der Waals surface area (Å²) in [5.41, 5.74) is 1.83. The molecule has 0 saturated carbocycles. The predicted molar refractivity (Wildman–Crippen MR) is 70.1 cm³/mol. The summed E-state index contributed by atoms with van der Waals surface area (Å²) in [6.45, 7) is 5.57. The molecule has 1 aliphatic rings. The van der Waals surface area contributed by atoms with E-state index in [-0.39, 0.29) is 11.4 Å². The van der Waals surface area contributed by atoms with Crippen molar-refractivity contribution in [3.8, 4) is 0 Å². The molecule has 1 aromatic heterocycles. The van der Waals surface area contributed by atoms with E-state index >= 15 is 0 Å². The van der Waals surface area contributed by atoms with Crippen LogP contribution < -0.4 is 10.6 Å². The molecule has 2 N–H and O–H groups in total. The first-order valence-corrected chi connectivity index (χ1v) is 6.60. The smallest absolute Gasteiger partial charge is 0.240 e. The number of carbonyl (C=O) groups is 1. The standard InChI is InChI=1S/C13H22N4O/c1-4-13(6-5-7-15-13)12(18)14-8-11-9-16-17(3)10(11)2/h9,15H,4-8H2,1-3H3,(H,14,18). The van der Waals surface area contributed by atoms with E-state index in [0.717, 1.165) is 37.1 Å². The van der Waals surface area contributed by atoms with Gasteiger partial charge in [-0.1, -0.05) is 6.92 Å². The molecule has 1 aliphatic heterocycles. The van der Waals surface area contributed by atoms with Crippen molar-refractivity contribution in [3.63, 3.8) is 0 Å². The highest BCUT2D eigenvalue weighted by atomic mass is 16.2. The quantitative estimate of drug-likeness (QED) is 0.834. The van der Waals surface area contributed by atoms with Gasteiger partial charge in [0.25, 0.3) is 0 Å². The van der Waals surface area contributed by atoms with Crippen LogP contribution in [0.25, 0.3) is 0 Å². The second kappa shape index (κ2) is 5.10. The van der Waals surface area contributed by atoms with E-state index in [4.69, 9.17) is 0 Å². The Morgan fingerprint density at radius 1 is 1.67 bits per heavy atom. The van der Waals surface area contributed by atoms with Crippen LogP contribution in [0.4, 0.5) is 0 Å². The number of carbonyl (C=O) groups excluding carboxylic acids is 1. The largest absolute Gasteiger partial charge is 0.350 e. The van der Waals surface area contributed by atoms with Crippen LogP contribution in [-0.2, 0) is 18.4 Å². The highest BCUT2D eigenvalue weighted by molar-refractivity contribution is 5.86. The number of hydrogen-bond acceptors (Lipinski definition) is 3. The first-order valence-electron chi connectivity index (χ1n) is 6.60. The second-order valence-electron chi connectivity index (χ2n) is 5.03. The lowest BCUT2D eigenvalue weighted by atomic mass is 9.93. The molecule has 1 amide bonds. The second-order valence-corrected chi connectivity index (χ2v) is 5.03. The molecular weight excluding hydrogens is 228 g/mol. The predicted octanol–water partition coefficient (Wildman–Crippen LogP) is 0.877. The fourth-order valence-corrected chi connectivity index (χ4v) is 2.52. The molecule has 1 saturated heterocycles. The molecule has 1 fully saturated rings. The van der Waals surface area contributed by atoms with Crippen LogP contribution in [-0.4, -0.2) is 27.8 Å². The zero-order valence-electron chi connectivity index (χ0n) is 11.4. The topological polar surface area (TPSA) is 59.0 Å². The third-order valence-corrected chi connectivity index (χ3v) is 4.06. The maximum Gasteiger partial charge on any atom is 0.240 e. The van der Waals surface area contributed by atoms with Crippen molar-refractivity contribution in [2.24, 2.45) is 7.05 Å². The molecule has 18 heavy (non-hydrogen) atoms. The number of amides is 1. The monoisotopic (exact) mass is 250 g/mol. The molecule has 5 nitrogen and oxygen atoms in total. The van der Waals surface area contributed by atoms with Crippen molar-refractivity contribution in [1.29, 1.82) is 0 Å². The summed E-state index contributed by atoms with van der Waals surface area (Å²) < 4.78 is 1.82. The minimum absolute atomic E-state index is 0.116. The van der Waals surface area contributed by atoms with Crippen molar-refractivity contribution in [2.45, 2.75) is 45.2 Å². The molecule has 0 aromatic carbocycles. The van der Waals surface area contributed by atoms with Crippen LogP contribution in [0, 0.1) is 6.92 Å². The fraction of sp³-hybridized carbons (Fsp3) is 0.692. The van der Waals surface area contributed by atoms with Crippen LogP contribution in [0.15, 0.2) is 6.20 Å². The van der Waals surface area contributed by atoms with Gasteiger partial charge >= 0.3 is 0 Å². The summed E-state index contributed by atoms with van der Waals surface area (Å²) in [5, 5.41) is 10.6.